The van der Waals surface area contributed by atoms with Crippen LogP contribution in [0.4, 0.5) is 0 Å². The summed E-state index contributed by atoms with van der Waals surface area (Å²) in [4.78, 5) is 27.5. The summed E-state index contributed by atoms with van der Waals surface area (Å²) in [7, 11) is 1.51. The van der Waals surface area contributed by atoms with Gasteiger partial charge in [-0.3, -0.25) is 14.9 Å². The zero-order valence-electron chi connectivity index (χ0n) is 19.7. The number of carboxylic acid groups (broad SMARTS) is 1. The number of nitrogens with one attached hydrogen (secondary N) is 3. The molecule has 8 nitrogen and oxygen atoms in total. The van der Waals surface area contributed by atoms with Crippen LogP contribution in [0.25, 0.3) is 10.9 Å². The average molecular weight is 532 g/mol. The second-order valence-electron chi connectivity index (χ2n) is 8.98. The van der Waals surface area contributed by atoms with Gasteiger partial charge in [0.2, 0.25) is 0 Å². The highest BCUT2D eigenvalue weighted by molar-refractivity contribution is 9.10. The fourth-order valence-corrected chi connectivity index (χ4v) is 4.10. The van der Waals surface area contributed by atoms with E-state index in [1.807, 2.05) is 51.2 Å². The van der Waals surface area contributed by atoms with E-state index in [1.54, 1.807) is 12.1 Å². The third-order valence-corrected chi connectivity index (χ3v) is 5.91. The molecule has 3 rings (SSSR count). The molecule has 1 amide bonds. The van der Waals surface area contributed by atoms with Crippen LogP contribution in [0.3, 0.4) is 0 Å². The minimum Gasteiger partial charge on any atom is -0.493 e. The van der Waals surface area contributed by atoms with Gasteiger partial charge in [0, 0.05) is 45.6 Å². The topological polar surface area (TPSA) is 113 Å². The van der Waals surface area contributed by atoms with Crippen molar-refractivity contribution in [2.45, 2.75) is 45.3 Å². The van der Waals surface area contributed by atoms with Crippen LogP contribution >= 0.6 is 15.9 Å². The van der Waals surface area contributed by atoms with E-state index in [2.05, 4.69) is 31.5 Å². The van der Waals surface area contributed by atoms with Crippen molar-refractivity contribution in [2.24, 2.45) is 0 Å². The summed E-state index contributed by atoms with van der Waals surface area (Å²) < 4.78 is 12.0. The van der Waals surface area contributed by atoms with Crippen LogP contribution in [0, 0.1) is 0 Å². The zero-order valence-corrected chi connectivity index (χ0v) is 21.3. The smallest absolute Gasteiger partial charge is 0.321 e. The summed E-state index contributed by atoms with van der Waals surface area (Å²) >= 11 is 3.52. The molecule has 0 aliphatic heterocycles. The van der Waals surface area contributed by atoms with E-state index in [1.165, 1.54) is 7.11 Å². The number of aromatic amines is 1. The van der Waals surface area contributed by atoms with E-state index < -0.39 is 12.0 Å². The summed E-state index contributed by atoms with van der Waals surface area (Å²) in [6, 6.07) is 10.5. The highest BCUT2D eigenvalue weighted by atomic mass is 79.9. The number of rotatable bonds is 10. The molecule has 0 saturated heterocycles. The van der Waals surface area contributed by atoms with Gasteiger partial charge in [-0.25, -0.2) is 0 Å². The van der Waals surface area contributed by atoms with Gasteiger partial charge in [-0.05, 0) is 44.5 Å². The number of aromatic nitrogens is 1. The predicted octanol–water partition coefficient (Wildman–Crippen LogP) is 4.02. The lowest BCUT2D eigenvalue weighted by Crippen LogP contribution is -2.43. The summed E-state index contributed by atoms with van der Waals surface area (Å²) in [5.74, 6) is -0.399. The quantitative estimate of drug-likeness (QED) is 0.314. The number of carboxylic acids is 1. The maximum atomic E-state index is 12.3. The van der Waals surface area contributed by atoms with E-state index >= 15 is 0 Å². The van der Waals surface area contributed by atoms with Crippen LogP contribution in [0.15, 0.2) is 47.1 Å². The first-order chi connectivity index (χ1) is 16.1. The summed E-state index contributed by atoms with van der Waals surface area (Å²) in [6.45, 7) is 5.65. The number of benzene rings is 2. The van der Waals surface area contributed by atoms with Crippen molar-refractivity contribution in [3.8, 4) is 11.5 Å². The van der Waals surface area contributed by atoms with Crippen LogP contribution in [0.2, 0.25) is 0 Å². The number of fused-ring (bicyclic) bond motifs is 1. The first kappa shape index (κ1) is 25.6. The van der Waals surface area contributed by atoms with Crippen molar-refractivity contribution in [3.63, 3.8) is 0 Å². The van der Waals surface area contributed by atoms with Gasteiger partial charge < -0.3 is 24.9 Å². The van der Waals surface area contributed by atoms with Crippen LogP contribution in [0.5, 0.6) is 11.5 Å². The van der Waals surface area contributed by atoms with Crippen LogP contribution in [-0.4, -0.2) is 47.3 Å². The molecule has 9 heteroatoms. The SMILES string of the molecule is COc1ccc(Br)c(CNC(Cc2c[nH]c3ccccc23)C(=O)O)c1OCC(=O)NC(C)(C)C. The Bertz CT molecular complexity index is 1170. The fourth-order valence-electron chi connectivity index (χ4n) is 3.65. The minimum absolute atomic E-state index is 0.188. The van der Waals surface area contributed by atoms with Gasteiger partial charge in [0.1, 0.15) is 6.04 Å². The van der Waals surface area contributed by atoms with Gasteiger partial charge in [0.25, 0.3) is 5.91 Å². The van der Waals surface area contributed by atoms with Crippen molar-refractivity contribution in [1.29, 1.82) is 0 Å². The maximum absolute atomic E-state index is 12.3. The predicted molar refractivity (Wildman–Crippen MR) is 134 cm³/mol. The molecule has 0 spiro atoms. The number of hydrogen-bond acceptors (Lipinski definition) is 5. The molecule has 2 aromatic carbocycles. The molecule has 0 fully saturated rings. The number of carbonyl (C=O) groups excluding carboxylic acids is 1. The maximum Gasteiger partial charge on any atom is 0.321 e. The Morgan fingerprint density at radius 2 is 1.91 bits per heavy atom. The number of halogens is 1. The van der Waals surface area contributed by atoms with E-state index in [4.69, 9.17) is 9.47 Å². The summed E-state index contributed by atoms with van der Waals surface area (Å²) in [5.41, 5.74) is 2.15. The van der Waals surface area contributed by atoms with Crippen molar-refractivity contribution in [1.82, 2.24) is 15.6 Å². The summed E-state index contributed by atoms with van der Waals surface area (Å²) in [5, 5.41) is 16.8. The highest BCUT2D eigenvalue weighted by Crippen LogP contribution is 2.36. The molecule has 0 radical (unpaired) electrons. The molecule has 1 unspecified atom stereocenters. The first-order valence-electron chi connectivity index (χ1n) is 10.9. The molecule has 4 N–H and O–H groups in total. The van der Waals surface area contributed by atoms with E-state index in [9.17, 15) is 14.7 Å². The lowest BCUT2D eigenvalue weighted by molar-refractivity contribution is -0.139. The van der Waals surface area contributed by atoms with Gasteiger partial charge in [-0.15, -0.1) is 0 Å². The Morgan fingerprint density at radius 1 is 1.18 bits per heavy atom. The van der Waals surface area contributed by atoms with Crippen molar-refractivity contribution >= 4 is 38.7 Å². The van der Waals surface area contributed by atoms with Gasteiger partial charge in [-0.2, -0.15) is 0 Å². The van der Waals surface area contributed by atoms with Gasteiger partial charge in [-0.1, -0.05) is 34.1 Å². The van der Waals surface area contributed by atoms with E-state index in [0.717, 1.165) is 16.5 Å². The standard InChI is InChI=1S/C25H30BrN3O5/c1-25(2,3)29-22(30)14-34-23-17(18(26)9-10-21(23)33-4)13-28-20(24(31)32)11-15-12-27-19-8-6-5-7-16(15)19/h5-10,12,20,27-28H,11,13-14H2,1-4H3,(H,29,30)(H,31,32). The third kappa shape index (κ3) is 6.51. The van der Waals surface area contributed by atoms with Gasteiger partial charge in [0.15, 0.2) is 18.1 Å². The fraction of sp³-hybridized carbons (Fsp3) is 0.360. The normalized spacial score (nSPS) is 12.4. The van der Waals surface area contributed by atoms with Crippen LogP contribution in [0.1, 0.15) is 31.9 Å². The molecular formula is C25H30BrN3O5. The Labute approximate surface area is 207 Å². The molecule has 0 aliphatic carbocycles. The number of methoxy groups -OCH3 is 1. The monoisotopic (exact) mass is 531 g/mol. The highest BCUT2D eigenvalue weighted by Gasteiger charge is 2.23. The lowest BCUT2D eigenvalue weighted by atomic mass is 10.0. The first-order valence-corrected chi connectivity index (χ1v) is 11.7. The zero-order chi connectivity index (χ0) is 24.9. The number of para-hydroxylation sites is 1. The largest absolute Gasteiger partial charge is 0.493 e. The number of amides is 1. The van der Waals surface area contributed by atoms with E-state index in [0.29, 0.717) is 28.0 Å². The minimum atomic E-state index is -0.962. The average Bonchev–Trinajstić information content (AvgIpc) is 3.17. The van der Waals surface area contributed by atoms with Crippen molar-refractivity contribution in [3.05, 3.63) is 58.2 Å². The Morgan fingerprint density at radius 3 is 2.59 bits per heavy atom. The molecule has 1 aromatic heterocycles. The molecule has 1 heterocycles. The van der Waals surface area contributed by atoms with Gasteiger partial charge >= 0.3 is 5.97 Å². The molecule has 182 valence electrons. The second-order valence-corrected chi connectivity index (χ2v) is 9.83. The third-order valence-electron chi connectivity index (χ3n) is 5.17. The molecule has 1 atom stereocenters. The van der Waals surface area contributed by atoms with Gasteiger partial charge in [0.05, 0.1) is 7.11 Å². The lowest BCUT2D eigenvalue weighted by Gasteiger charge is -2.22. The molecule has 0 bridgehead atoms. The van der Waals surface area contributed by atoms with Crippen LogP contribution < -0.4 is 20.1 Å². The van der Waals surface area contributed by atoms with Crippen molar-refractivity contribution in [2.75, 3.05) is 13.7 Å². The number of aliphatic carboxylic acids is 1. The Kier molecular flexibility index (Phi) is 8.22. The second kappa shape index (κ2) is 10.9. The number of H-pyrrole nitrogens is 1. The summed E-state index contributed by atoms with van der Waals surface area (Å²) in [6.07, 6.45) is 2.14. The molecular weight excluding hydrogens is 502 g/mol. The Balaban J connectivity index is 1.78. The molecule has 3 aromatic rings. The Hall–Kier alpha value is -3.04. The number of carbonyl (C=O) groups is 2. The molecule has 0 aliphatic rings. The molecule has 34 heavy (non-hydrogen) atoms. The number of ether oxygens (including phenoxy) is 2. The number of hydrogen-bond donors (Lipinski definition) is 4. The van der Waals surface area contributed by atoms with Crippen molar-refractivity contribution < 1.29 is 24.2 Å². The van der Waals surface area contributed by atoms with Crippen LogP contribution in [-0.2, 0) is 22.6 Å². The van der Waals surface area contributed by atoms with E-state index in [-0.39, 0.29) is 24.6 Å². The molecule has 0 saturated carbocycles.